The van der Waals surface area contributed by atoms with Crippen molar-refractivity contribution in [2.24, 2.45) is 5.41 Å². The summed E-state index contributed by atoms with van der Waals surface area (Å²) < 4.78 is 29.8. The second-order valence-electron chi connectivity index (χ2n) is 9.11. The first kappa shape index (κ1) is 23.2. The highest BCUT2D eigenvalue weighted by molar-refractivity contribution is 7.79. The SMILES string of the molecule is CCCCCCCCOc1cccc(C(C)(C)CC(C)(C)C)c1S(=O)[O-]. The molecule has 0 aromatic heterocycles. The highest BCUT2D eigenvalue weighted by Gasteiger charge is 2.30. The van der Waals surface area contributed by atoms with Gasteiger partial charge in [-0.05, 0) is 46.4 Å². The summed E-state index contributed by atoms with van der Waals surface area (Å²) in [7, 11) is 0. The predicted molar refractivity (Wildman–Crippen MR) is 110 cm³/mol. The monoisotopic (exact) mass is 381 g/mol. The molecule has 1 rings (SSSR count). The maximum atomic E-state index is 12.0. The van der Waals surface area contributed by atoms with E-state index in [1.165, 1.54) is 25.7 Å². The molecule has 0 aliphatic carbocycles. The van der Waals surface area contributed by atoms with Gasteiger partial charge in [0, 0.05) is 0 Å². The van der Waals surface area contributed by atoms with E-state index in [4.69, 9.17) is 4.74 Å². The van der Waals surface area contributed by atoms with Crippen LogP contribution >= 0.6 is 0 Å². The molecule has 0 fully saturated rings. The van der Waals surface area contributed by atoms with E-state index in [1.807, 2.05) is 12.1 Å². The van der Waals surface area contributed by atoms with Gasteiger partial charge in [0.15, 0.2) is 0 Å². The van der Waals surface area contributed by atoms with Crippen LogP contribution in [0, 0.1) is 5.41 Å². The second kappa shape index (κ2) is 10.5. The van der Waals surface area contributed by atoms with Crippen molar-refractivity contribution in [1.82, 2.24) is 0 Å². The quantitative estimate of drug-likeness (QED) is 0.330. The zero-order chi connectivity index (χ0) is 19.8. The second-order valence-corrected chi connectivity index (χ2v) is 9.98. The molecule has 1 unspecified atom stereocenters. The molecule has 1 atom stereocenters. The van der Waals surface area contributed by atoms with Crippen LogP contribution in [0.3, 0.4) is 0 Å². The Labute approximate surface area is 163 Å². The predicted octanol–water partition coefficient (Wildman–Crippen LogP) is 6.38. The van der Waals surface area contributed by atoms with E-state index in [0.29, 0.717) is 17.3 Å². The zero-order valence-electron chi connectivity index (χ0n) is 17.5. The molecule has 26 heavy (non-hydrogen) atoms. The van der Waals surface area contributed by atoms with Crippen LogP contribution < -0.4 is 4.74 Å². The molecule has 0 aliphatic heterocycles. The summed E-state index contributed by atoms with van der Waals surface area (Å²) in [5.74, 6) is 0.492. The molecule has 1 aromatic rings. The number of hydrogen-bond donors (Lipinski definition) is 0. The highest BCUT2D eigenvalue weighted by atomic mass is 32.2. The largest absolute Gasteiger partial charge is 0.768 e. The summed E-state index contributed by atoms with van der Waals surface area (Å²) in [5.41, 5.74) is 0.717. The number of unbranched alkanes of at least 4 members (excludes halogenated alkanes) is 5. The van der Waals surface area contributed by atoms with Gasteiger partial charge in [0.2, 0.25) is 0 Å². The molecule has 0 radical (unpaired) electrons. The van der Waals surface area contributed by atoms with Gasteiger partial charge in [-0.3, -0.25) is 4.21 Å². The van der Waals surface area contributed by atoms with Gasteiger partial charge >= 0.3 is 0 Å². The van der Waals surface area contributed by atoms with Gasteiger partial charge in [-0.15, -0.1) is 0 Å². The van der Waals surface area contributed by atoms with Crippen molar-refractivity contribution in [2.75, 3.05) is 6.61 Å². The number of hydrogen-bond acceptors (Lipinski definition) is 3. The van der Waals surface area contributed by atoms with Gasteiger partial charge in [0.05, 0.1) is 11.5 Å². The fourth-order valence-electron chi connectivity index (χ4n) is 3.82. The van der Waals surface area contributed by atoms with E-state index in [0.717, 1.165) is 24.8 Å². The molecule has 1 aromatic carbocycles. The van der Waals surface area contributed by atoms with Crippen molar-refractivity contribution in [3.05, 3.63) is 23.8 Å². The molecule has 150 valence electrons. The number of rotatable bonds is 11. The average Bonchev–Trinajstić information content (AvgIpc) is 2.51. The lowest BCUT2D eigenvalue weighted by Crippen LogP contribution is -2.26. The van der Waals surface area contributed by atoms with E-state index in [2.05, 4.69) is 41.5 Å². The molecule has 0 saturated heterocycles. The standard InChI is InChI=1S/C22H38O3S/c1-7-8-9-10-11-12-16-25-19-15-13-14-18(20(19)26(23)24)22(5,6)17-21(2,3)4/h13-15H,7-12,16-17H2,1-6H3,(H,23,24)/p-1. The van der Waals surface area contributed by atoms with Gasteiger partial charge in [0.1, 0.15) is 5.75 Å². The molecular formula is C22H37O3S-. The topological polar surface area (TPSA) is 49.4 Å². The van der Waals surface area contributed by atoms with E-state index in [1.54, 1.807) is 6.07 Å². The van der Waals surface area contributed by atoms with Crippen LogP contribution in [0.4, 0.5) is 0 Å². The van der Waals surface area contributed by atoms with Crippen LogP contribution in [0.1, 0.15) is 92.1 Å². The summed E-state index contributed by atoms with van der Waals surface area (Å²) in [6.45, 7) is 13.6. The summed E-state index contributed by atoms with van der Waals surface area (Å²) in [6.07, 6.45) is 8.00. The molecule has 0 spiro atoms. The average molecular weight is 382 g/mol. The third kappa shape index (κ3) is 7.79. The van der Waals surface area contributed by atoms with Crippen LogP contribution in [0.2, 0.25) is 0 Å². The van der Waals surface area contributed by atoms with Crippen LogP contribution in [0.5, 0.6) is 5.75 Å². The molecule has 3 nitrogen and oxygen atoms in total. The van der Waals surface area contributed by atoms with Gasteiger partial charge in [-0.1, -0.05) is 85.8 Å². The lowest BCUT2D eigenvalue weighted by atomic mass is 9.72. The van der Waals surface area contributed by atoms with Crippen molar-refractivity contribution in [2.45, 2.75) is 96.8 Å². The van der Waals surface area contributed by atoms with E-state index in [-0.39, 0.29) is 10.8 Å². The fourth-order valence-corrected chi connectivity index (χ4v) is 4.64. The van der Waals surface area contributed by atoms with E-state index in [9.17, 15) is 8.76 Å². The minimum atomic E-state index is -2.31. The molecule has 0 bridgehead atoms. The first-order valence-corrected chi connectivity index (χ1v) is 11.0. The highest BCUT2D eigenvalue weighted by Crippen LogP contribution is 2.41. The summed E-state index contributed by atoms with van der Waals surface area (Å²) in [4.78, 5) is 0.327. The molecule has 0 heterocycles. The number of benzene rings is 1. The van der Waals surface area contributed by atoms with Crippen molar-refractivity contribution < 1.29 is 13.5 Å². The van der Waals surface area contributed by atoms with Crippen molar-refractivity contribution in [3.8, 4) is 5.75 Å². The lowest BCUT2D eigenvalue weighted by Gasteiger charge is -2.35. The van der Waals surface area contributed by atoms with Crippen LogP contribution in [0.25, 0.3) is 0 Å². The zero-order valence-corrected chi connectivity index (χ0v) is 18.3. The summed E-state index contributed by atoms with van der Waals surface area (Å²) in [5, 5.41) is 0. The maximum Gasteiger partial charge on any atom is 0.134 e. The Morgan fingerprint density at radius 2 is 1.62 bits per heavy atom. The maximum absolute atomic E-state index is 12.0. The normalized spacial score (nSPS) is 13.7. The molecule has 0 saturated carbocycles. The van der Waals surface area contributed by atoms with Crippen LogP contribution in [-0.2, 0) is 16.5 Å². The number of ether oxygens (including phenoxy) is 1. The molecular weight excluding hydrogens is 344 g/mol. The van der Waals surface area contributed by atoms with Crippen molar-refractivity contribution >= 4 is 11.1 Å². The fraction of sp³-hybridized carbons (Fsp3) is 0.727. The Hall–Kier alpha value is -0.870. The Bertz CT molecular complexity index is 573. The van der Waals surface area contributed by atoms with Crippen LogP contribution in [-0.4, -0.2) is 15.4 Å². The van der Waals surface area contributed by atoms with Crippen molar-refractivity contribution in [1.29, 1.82) is 0 Å². The Balaban J connectivity index is 2.86. The summed E-state index contributed by atoms with van der Waals surface area (Å²) >= 11 is -2.31. The first-order valence-electron chi connectivity index (χ1n) is 9.94. The van der Waals surface area contributed by atoms with Gasteiger partial charge in [0.25, 0.3) is 0 Å². The molecule has 0 N–H and O–H groups in total. The van der Waals surface area contributed by atoms with E-state index < -0.39 is 11.1 Å². The minimum absolute atomic E-state index is 0.112. The third-order valence-corrected chi connectivity index (χ3v) is 5.36. The molecule has 0 aliphatic rings. The molecule has 0 amide bonds. The van der Waals surface area contributed by atoms with Gasteiger partial charge in [-0.25, -0.2) is 0 Å². The lowest BCUT2D eigenvalue weighted by molar-refractivity contribution is 0.273. The van der Waals surface area contributed by atoms with Gasteiger partial charge in [-0.2, -0.15) is 0 Å². The minimum Gasteiger partial charge on any atom is -0.768 e. The Kier molecular flexibility index (Phi) is 9.32. The Morgan fingerprint density at radius 3 is 2.19 bits per heavy atom. The third-order valence-electron chi connectivity index (χ3n) is 4.60. The summed E-state index contributed by atoms with van der Waals surface area (Å²) in [6, 6.07) is 5.61. The van der Waals surface area contributed by atoms with Gasteiger partial charge < -0.3 is 9.29 Å². The first-order chi connectivity index (χ1) is 12.1. The molecule has 4 heteroatoms. The smallest absolute Gasteiger partial charge is 0.134 e. The van der Waals surface area contributed by atoms with Crippen LogP contribution in [0.15, 0.2) is 23.1 Å². The van der Waals surface area contributed by atoms with E-state index >= 15 is 0 Å². The Morgan fingerprint density at radius 1 is 1.00 bits per heavy atom. The van der Waals surface area contributed by atoms with Crippen molar-refractivity contribution in [3.63, 3.8) is 0 Å².